The van der Waals surface area contributed by atoms with E-state index in [0.717, 1.165) is 18.6 Å². The van der Waals surface area contributed by atoms with Crippen LogP contribution in [0.5, 0.6) is 0 Å². The average molecular weight is 289 g/mol. The van der Waals surface area contributed by atoms with Gasteiger partial charge in [0.15, 0.2) is 0 Å². The van der Waals surface area contributed by atoms with Crippen molar-refractivity contribution in [2.75, 3.05) is 19.0 Å². The first-order valence-corrected chi connectivity index (χ1v) is 7.40. The fourth-order valence-corrected chi connectivity index (χ4v) is 2.86. The number of rotatable bonds is 6. The number of carbonyl (C=O) groups excluding carboxylic acids is 3. The highest BCUT2D eigenvalue weighted by Gasteiger charge is 2.34. The molecule has 1 saturated heterocycles. The van der Waals surface area contributed by atoms with Crippen molar-refractivity contribution in [3.8, 4) is 0 Å². The second-order valence-corrected chi connectivity index (χ2v) is 5.26. The first-order valence-electron chi connectivity index (χ1n) is 6.35. The Morgan fingerprint density at radius 2 is 1.79 bits per heavy atom. The summed E-state index contributed by atoms with van der Waals surface area (Å²) >= 11 is 1.53. The molecule has 0 spiro atoms. The molecule has 1 rings (SSSR count). The van der Waals surface area contributed by atoms with Crippen LogP contribution in [0, 0.1) is 0 Å². The molecule has 0 saturated carbocycles. The van der Waals surface area contributed by atoms with Gasteiger partial charge in [-0.15, -0.1) is 11.8 Å². The van der Waals surface area contributed by atoms with Gasteiger partial charge < -0.3 is 14.8 Å². The van der Waals surface area contributed by atoms with Gasteiger partial charge in [0, 0.05) is 0 Å². The molecule has 7 heteroatoms. The Balaban J connectivity index is 2.64. The van der Waals surface area contributed by atoms with Crippen LogP contribution in [0.15, 0.2) is 0 Å². The summed E-state index contributed by atoms with van der Waals surface area (Å²) in [5.74, 6) is -0.954. The van der Waals surface area contributed by atoms with Gasteiger partial charge in [0.25, 0.3) is 0 Å². The fourth-order valence-electron chi connectivity index (χ4n) is 1.68. The highest BCUT2D eigenvalue weighted by Crippen LogP contribution is 2.26. The van der Waals surface area contributed by atoms with Crippen LogP contribution < -0.4 is 5.32 Å². The molecule has 1 aliphatic heterocycles. The summed E-state index contributed by atoms with van der Waals surface area (Å²) in [5, 5.41) is 2.22. The van der Waals surface area contributed by atoms with Crippen LogP contribution in [0.25, 0.3) is 0 Å². The van der Waals surface area contributed by atoms with Crippen LogP contribution in [0.3, 0.4) is 0 Å². The van der Waals surface area contributed by atoms with Gasteiger partial charge in [0.1, 0.15) is 0 Å². The number of hydrogen-bond donors (Lipinski definition) is 1. The first-order chi connectivity index (χ1) is 9.10. The van der Waals surface area contributed by atoms with Gasteiger partial charge in [-0.25, -0.2) is 9.59 Å². The molecule has 1 atom stereocenters. The number of esters is 2. The Morgan fingerprint density at radius 1 is 1.21 bits per heavy atom. The minimum Gasteiger partial charge on any atom is -0.464 e. The van der Waals surface area contributed by atoms with Crippen LogP contribution in [0.1, 0.15) is 26.7 Å². The van der Waals surface area contributed by atoms with E-state index in [1.807, 2.05) is 0 Å². The monoisotopic (exact) mass is 289 g/mol. The first kappa shape index (κ1) is 15.8. The Bertz CT molecular complexity index is 323. The van der Waals surface area contributed by atoms with Crippen LogP contribution in [0.2, 0.25) is 0 Å². The average Bonchev–Trinajstić information content (AvgIpc) is 2.90. The van der Waals surface area contributed by atoms with Gasteiger partial charge in [-0.05, 0) is 32.4 Å². The minimum atomic E-state index is -1.37. The predicted octanol–water partition coefficient (Wildman–Crippen LogP) is 0.493. The Hall–Kier alpha value is -1.24. The van der Waals surface area contributed by atoms with Crippen molar-refractivity contribution in [2.45, 2.75) is 38.0 Å². The van der Waals surface area contributed by atoms with Crippen molar-refractivity contribution >= 4 is 29.6 Å². The van der Waals surface area contributed by atoms with E-state index in [-0.39, 0.29) is 24.4 Å². The SMILES string of the molecule is CCOC(=O)C(NC(=O)C1CCCS1)C(=O)OCC. The maximum Gasteiger partial charge on any atom is 0.340 e. The van der Waals surface area contributed by atoms with Crippen LogP contribution in [0.4, 0.5) is 0 Å². The molecule has 108 valence electrons. The lowest BCUT2D eigenvalue weighted by Crippen LogP contribution is -2.50. The third kappa shape index (κ3) is 4.74. The molecule has 1 heterocycles. The zero-order valence-corrected chi connectivity index (χ0v) is 12.0. The highest BCUT2D eigenvalue weighted by molar-refractivity contribution is 8.00. The van der Waals surface area contributed by atoms with E-state index in [2.05, 4.69) is 5.32 Å². The maximum atomic E-state index is 11.9. The summed E-state index contributed by atoms with van der Waals surface area (Å²) < 4.78 is 9.55. The van der Waals surface area contributed by atoms with Crippen molar-refractivity contribution in [3.05, 3.63) is 0 Å². The Kier molecular flexibility index (Phi) is 6.69. The summed E-state index contributed by atoms with van der Waals surface area (Å²) in [6, 6.07) is -1.37. The lowest BCUT2D eigenvalue weighted by atomic mass is 10.2. The van der Waals surface area contributed by atoms with Crippen molar-refractivity contribution in [2.24, 2.45) is 0 Å². The molecule has 19 heavy (non-hydrogen) atoms. The molecule has 0 aromatic carbocycles. The summed E-state index contributed by atoms with van der Waals surface area (Å²) in [7, 11) is 0. The zero-order valence-electron chi connectivity index (χ0n) is 11.1. The topological polar surface area (TPSA) is 81.7 Å². The van der Waals surface area contributed by atoms with Crippen molar-refractivity contribution < 1.29 is 23.9 Å². The molecular weight excluding hydrogens is 270 g/mol. The molecular formula is C12H19NO5S. The fraction of sp³-hybridized carbons (Fsp3) is 0.750. The Labute approximate surface area is 116 Å². The van der Waals surface area contributed by atoms with Crippen LogP contribution in [-0.4, -0.2) is 48.1 Å². The van der Waals surface area contributed by atoms with Gasteiger partial charge >= 0.3 is 11.9 Å². The molecule has 0 aliphatic carbocycles. The molecule has 0 aromatic rings. The summed E-state index contributed by atoms with van der Waals surface area (Å²) in [6.07, 6.45) is 1.72. The second kappa shape index (κ2) is 8.04. The largest absolute Gasteiger partial charge is 0.464 e. The van der Waals surface area contributed by atoms with Crippen molar-refractivity contribution in [3.63, 3.8) is 0 Å². The van der Waals surface area contributed by atoms with E-state index in [1.165, 1.54) is 11.8 Å². The maximum absolute atomic E-state index is 11.9. The molecule has 1 N–H and O–H groups in total. The lowest BCUT2D eigenvalue weighted by molar-refractivity contribution is -0.159. The van der Waals surface area contributed by atoms with E-state index >= 15 is 0 Å². The zero-order chi connectivity index (χ0) is 14.3. The van der Waals surface area contributed by atoms with Crippen LogP contribution in [-0.2, 0) is 23.9 Å². The third-order valence-corrected chi connectivity index (χ3v) is 3.93. The number of carbonyl (C=O) groups is 3. The molecule has 6 nitrogen and oxygen atoms in total. The molecule has 0 bridgehead atoms. The molecule has 0 radical (unpaired) electrons. The smallest absolute Gasteiger partial charge is 0.340 e. The molecule has 1 unspecified atom stereocenters. The molecule has 1 amide bonds. The van der Waals surface area contributed by atoms with E-state index in [9.17, 15) is 14.4 Å². The quantitative estimate of drug-likeness (QED) is 0.566. The van der Waals surface area contributed by atoms with Crippen molar-refractivity contribution in [1.29, 1.82) is 0 Å². The number of nitrogens with one attached hydrogen (secondary N) is 1. The van der Waals surface area contributed by atoms with E-state index in [0.29, 0.717) is 0 Å². The second-order valence-electron chi connectivity index (χ2n) is 3.95. The summed E-state index contributed by atoms with van der Waals surface area (Å²) in [4.78, 5) is 35.3. The lowest BCUT2D eigenvalue weighted by Gasteiger charge is -2.17. The van der Waals surface area contributed by atoms with Gasteiger partial charge in [0.05, 0.1) is 18.5 Å². The standard InChI is InChI=1S/C12H19NO5S/c1-3-17-11(15)9(12(16)18-4-2)13-10(14)8-6-5-7-19-8/h8-9H,3-7H2,1-2H3,(H,13,14). The predicted molar refractivity (Wildman–Crippen MR) is 70.7 cm³/mol. The normalized spacial score (nSPS) is 18.2. The molecule has 0 aromatic heterocycles. The van der Waals surface area contributed by atoms with E-state index in [4.69, 9.17) is 9.47 Å². The van der Waals surface area contributed by atoms with Gasteiger partial charge in [0.2, 0.25) is 11.9 Å². The highest BCUT2D eigenvalue weighted by atomic mass is 32.2. The van der Waals surface area contributed by atoms with Crippen LogP contribution >= 0.6 is 11.8 Å². The van der Waals surface area contributed by atoms with Crippen molar-refractivity contribution in [1.82, 2.24) is 5.32 Å². The van der Waals surface area contributed by atoms with E-state index in [1.54, 1.807) is 13.8 Å². The third-order valence-electron chi connectivity index (χ3n) is 2.55. The number of hydrogen-bond acceptors (Lipinski definition) is 6. The summed E-state index contributed by atoms with van der Waals surface area (Å²) in [5.41, 5.74) is 0. The number of thioether (sulfide) groups is 1. The summed E-state index contributed by atoms with van der Waals surface area (Å²) in [6.45, 7) is 3.55. The Morgan fingerprint density at radius 3 is 2.21 bits per heavy atom. The number of ether oxygens (including phenoxy) is 2. The molecule has 1 aliphatic rings. The minimum absolute atomic E-state index is 0.142. The number of amides is 1. The van der Waals surface area contributed by atoms with Gasteiger partial charge in [-0.3, -0.25) is 4.79 Å². The molecule has 1 fully saturated rings. The van der Waals surface area contributed by atoms with Gasteiger partial charge in [-0.2, -0.15) is 0 Å². The van der Waals surface area contributed by atoms with E-state index < -0.39 is 18.0 Å². The van der Waals surface area contributed by atoms with Gasteiger partial charge in [-0.1, -0.05) is 0 Å².